The van der Waals surface area contributed by atoms with Gasteiger partial charge in [-0.2, -0.15) is 0 Å². The smallest absolute Gasteiger partial charge is 0.319 e. The number of methoxy groups -OCH3 is 1. The highest BCUT2D eigenvalue weighted by atomic mass is 16.5. The minimum absolute atomic E-state index is 0.0436. The van der Waals surface area contributed by atoms with Crippen molar-refractivity contribution in [1.82, 2.24) is 15.5 Å². The Hall–Kier alpha value is -2.54. The molecule has 0 spiro atoms. The molecule has 2 heterocycles. The lowest BCUT2D eigenvalue weighted by Gasteiger charge is -2.25. The average molecular weight is 359 g/mol. The van der Waals surface area contributed by atoms with Crippen LogP contribution in [0, 0.1) is 0 Å². The molecule has 2 N–H and O–H groups in total. The summed E-state index contributed by atoms with van der Waals surface area (Å²) >= 11 is 0. The van der Waals surface area contributed by atoms with Gasteiger partial charge in [-0.3, -0.25) is 4.79 Å². The van der Waals surface area contributed by atoms with Gasteiger partial charge in [0, 0.05) is 13.2 Å². The van der Waals surface area contributed by atoms with Crippen LogP contribution in [0.5, 0.6) is 5.75 Å². The van der Waals surface area contributed by atoms with Crippen molar-refractivity contribution in [3.63, 3.8) is 0 Å². The second-order valence-electron chi connectivity index (χ2n) is 6.70. The lowest BCUT2D eigenvalue weighted by molar-refractivity contribution is -0.126. The van der Waals surface area contributed by atoms with Crippen LogP contribution in [0.15, 0.2) is 35.5 Å². The number of urea groups is 1. The number of carbonyl (C=O) groups excluding carboxylic acids is 2. The maximum absolute atomic E-state index is 12.9. The number of rotatable bonds is 7. The highest BCUT2D eigenvalue weighted by molar-refractivity contribution is 6.01. The fourth-order valence-corrected chi connectivity index (χ4v) is 3.23. The molecule has 0 unspecified atom stereocenters. The number of benzene rings is 1. The molecule has 2 aliphatic heterocycles. The molecule has 0 saturated heterocycles. The Labute approximate surface area is 153 Å². The van der Waals surface area contributed by atoms with E-state index >= 15 is 0 Å². The number of nitrogens with zero attached hydrogens (tertiary/aromatic N) is 1. The van der Waals surface area contributed by atoms with E-state index in [1.165, 1.54) is 0 Å². The Morgan fingerprint density at radius 3 is 2.62 bits per heavy atom. The Morgan fingerprint density at radius 1 is 1.23 bits per heavy atom. The van der Waals surface area contributed by atoms with Gasteiger partial charge in [0.25, 0.3) is 5.91 Å². The minimum Gasteiger partial charge on any atom is -0.497 e. The van der Waals surface area contributed by atoms with E-state index in [0.717, 1.165) is 17.7 Å². The quantitative estimate of drug-likeness (QED) is 0.730. The molecule has 1 atom stereocenters. The summed E-state index contributed by atoms with van der Waals surface area (Å²) in [4.78, 5) is 26.7. The topological polar surface area (TPSA) is 79.9 Å². The molecule has 0 saturated carbocycles. The maximum Gasteiger partial charge on any atom is 0.319 e. The minimum atomic E-state index is -0.450. The van der Waals surface area contributed by atoms with Gasteiger partial charge >= 0.3 is 6.03 Å². The van der Waals surface area contributed by atoms with Crippen molar-refractivity contribution in [1.29, 1.82) is 0 Å². The summed E-state index contributed by atoms with van der Waals surface area (Å²) in [6.07, 6.45) is 0.942. The highest BCUT2D eigenvalue weighted by Crippen LogP contribution is 2.33. The predicted molar refractivity (Wildman–Crippen MR) is 96.7 cm³/mol. The van der Waals surface area contributed by atoms with Gasteiger partial charge in [-0.05, 0) is 38.0 Å². The molecule has 7 heteroatoms. The lowest BCUT2D eigenvalue weighted by Crippen LogP contribution is -2.44. The summed E-state index contributed by atoms with van der Waals surface area (Å²) in [6.45, 7) is 5.61. The van der Waals surface area contributed by atoms with Gasteiger partial charge in [0.2, 0.25) is 0 Å². The van der Waals surface area contributed by atoms with E-state index in [-0.39, 0.29) is 18.0 Å². The van der Waals surface area contributed by atoms with Gasteiger partial charge in [-0.15, -0.1) is 0 Å². The van der Waals surface area contributed by atoms with Crippen LogP contribution < -0.4 is 15.4 Å². The standard InChI is InChI=1S/C19H25N3O4/c1-12(2)26-10-4-9-22-11-15-16(18(22)23)17(21-19(24)20-15)13-5-7-14(25-3)8-6-13/h5-8,12,17H,4,9-11H2,1-3H3,(H2,20,21,24)/t17-/m1/s1. The number of carbonyl (C=O) groups is 2. The summed E-state index contributed by atoms with van der Waals surface area (Å²) in [7, 11) is 1.60. The van der Waals surface area contributed by atoms with Gasteiger partial charge in [0.05, 0.1) is 37.1 Å². The number of hydrogen-bond donors (Lipinski definition) is 2. The van der Waals surface area contributed by atoms with Crippen molar-refractivity contribution in [2.24, 2.45) is 0 Å². The van der Waals surface area contributed by atoms with Crippen molar-refractivity contribution in [3.05, 3.63) is 41.1 Å². The normalized spacial score (nSPS) is 19.5. The molecule has 1 aromatic rings. The van der Waals surface area contributed by atoms with Crippen LogP contribution in [0.2, 0.25) is 0 Å². The van der Waals surface area contributed by atoms with Crippen LogP contribution in [0.4, 0.5) is 4.79 Å². The zero-order chi connectivity index (χ0) is 18.7. The van der Waals surface area contributed by atoms with Gasteiger partial charge in [0.15, 0.2) is 0 Å². The van der Waals surface area contributed by atoms with Gasteiger partial charge in [-0.1, -0.05) is 12.1 Å². The molecular formula is C19H25N3O4. The zero-order valence-corrected chi connectivity index (χ0v) is 15.4. The SMILES string of the molecule is COc1ccc([C@H]2NC(=O)NC3=C2C(=O)N(CCCOC(C)C)C3)cc1. The summed E-state index contributed by atoms with van der Waals surface area (Å²) in [5.74, 6) is 0.686. The Balaban J connectivity index is 1.73. The highest BCUT2D eigenvalue weighted by Gasteiger charge is 2.40. The molecule has 1 aromatic carbocycles. The van der Waals surface area contributed by atoms with Crippen molar-refractivity contribution >= 4 is 11.9 Å². The Morgan fingerprint density at radius 2 is 1.96 bits per heavy atom. The van der Waals surface area contributed by atoms with Crippen molar-refractivity contribution in [2.45, 2.75) is 32.4 Å². The van der Waals surface area contributed by atoms with Crippen LogP contribution >= 0.6 is 0 Å². The van der Waals surface area contributed by atoms with Crippen molar-refractivity contribution in [2.75, 3.05) is 26.8 Å². The Kier molecular flexibility index (Phi) is 5.46. The monoisotopic (exact) mass is 359 g/mol. The fraction of sp³-hybridized carbons (Fsp3) is 0.474. The van der Waals surface area contributed by atoms with Crippen LogP contribution in [0.1, 0.15) is 31.9 Å². The molecular weight excluding hydrogens is 334 g/mol. The second kappa shape index (κ2) is 7.78. The fourth-order valence-electron chi connectivity index (χ4n) is 3.23. The first-order valence-corrected chi connectivity index (χ1v) is 8.85. The van der Waals surface area contributed by atoms with Crippen LogP contribution in [-0.2, 0) is 9.53 Å². The molecule has 0 aromatic heterocycles. The molecule has 3 amide bonds. The largest absolute Gasteiger partial charge is 0.497 e. The zero-order valence-electron chi connectivity index (χ0n) is 15.4. The van der Waals surface area contributed by atoms with E-state index in [4.69, 9.17) is 9.47 Å². The third-order valence-electron chi connectivity index (χ3n) is 4.49. The van der Waals surface area contributed by atoms with Crippen LogP contribution in [0.25, 0.3) is 0 Å². The summed E-state index contributed by atoms with van der Waals surface area (Å²) in [6, 6.07) is 6.64. The molecule has 0 bridgehead atoms. The van der Waals surface area contributed by atoms with E-state index in [1.54, 1.807) is 12.0 Å². The average Bonchev–Trinajstić information content (AvgIpc) is 2.93. The van der Waals surface area contributed by atoms with Crippen LogP contribution in [0.3, 0.4) is 0 Å². The molecule has 2 aliphatic rings. The van der Waals surface area contributed by atoms with Gasteiger partial charge in [-0.25, -0.2) is 4.79 Å². The lowest BCUT2D eigenvalue weighted by atomic mass is 9.96. The first-order valence-electron chi connectivity index (χ1n) is 8.85. The summed E-state index contributed by atoms with van der Waals surface area (Å²) < 4.78 is 10.7. The third-order valence-corrected chi connectivity index (χ3v) is 4.49. The van der Waals surface area contributed by atoms with E-state index in [2.05, 4.69) is 10.6 Å². The molecule has 0 fully saturated rings. The predicted octanol–water partition coefficient (Wildman–Crippen LogP) is 1.96. The maximum atomic E-state index is 12.9. The van der Waals surface area contributed by atoms with E-state index < -0.39 is 6.04 Å². The first-order chi connectivity index (χ1) is 12.5. The first kappa shape index (κ1) is 18.3. The van der Waals surface area contributed by atoms with Gasteiger partial charge in [0.1, 0.15) is 5.75 Å². The number of nitrogens with one attached hydrogen (secondary N) is 2. The second-order valence-corrected chi connectivity index (χ2v) is 6.70. The van der Waals surface area contributed by atoms with Crippen LogP contribution in [-0.4, -0.2) is 49.7 Å². The van der Waals surface area contributed by atoms with E-state index in [0.29, 0.717) is 31.0 Å². The Bertz CT molecular complexity index is 712. The molecule has 3 rings (SSSR count). The van der Waals surface area contributed by atoms with E-state index in [1.807, 2.05) is 38.1 Å². The number of hydrogen-bond acceptors (Lipinski definition) is 4. The molecule has 0 radical (unpaired) electrons. The molecule has 0 aliphatic carbocycles. The van der Waals surface area contributed by atoms with E-state index in [9.17, 15) is 9.59 Å². The van der Waals surface area contributed by atoms with Gasteiger partial charge < -0.3 is 25.0 Å². The molecule has 7 nitrogen and oxygen atoms in total. The molecule has 140 valence electrons. The van der Waals surface area contributed by atoms with Crippen molar-refractivity contribution < 1.29 is 19.1 Å². The van der Waals surface area contributed by atoms with Crippen molar-refractivity contribution in [3.8, 4) is 5.75 Å². The summed E-state index contributed by atoms with van der Waals surface area (Å²) in [5, 5.41) is 5.63. The third kappa shape index (κ3) is 3.83. The summed E-state index contributed by atoms with van der Waals surface area (Å²) in [5.41, 5.74) is 2.15. The molecule has 26 heavy (non-hydrogen) atoms. The number of ether oxygens (including phenoxy) is 2. The number of amides is 3.